The van der Waals surface area contributed by atoms with E-state index in [1.165, 1.54) is 18.4 Å². The molecule has 0 amide bonds. The summed E-state index contributed by atoms with van der Waals surface area (Å²) in [7, 11) is 3.99. The van der Waals surface area contributed by atoms with Crippen LogP contribution in [-0.4, -0.2) is 26.8 Å². The quantitative estimate of drug-likeness (QED) is 0.791. The maximum Gasteiger partial charge on any atom is 0.135 e. The van der Waals surface area contributed by atoms with Crippen LogP contribution in [0.4, 0.5) is 5.82 Å². The number of hydrogen-bond acceptors (Lipinski definition) is 4. The van der Waals surface area contributed by atoms with Crippen LogP contribution in [0.25, 0.3) is 0 Å². The van der Waals surface area contributed by atoms with E-state index in [9.17, 15) is 0 Å². The summed E-state index contributed by atoms with van der Waals surface area (Å²) in [5, 5.41) is 5.08. The molecule has 0 bridgehead atoms. The molecule has 2 heterocycles. The zero-order valence-corrected chi connectivity index (χ0v) is 14.3. The Balaban J connectivity index is 1.84. The van der Waals surface area contributed by atoms with E-state index in [4.69, 9.17) is 11.6 Å². The van der Waals surface area contributed by atoms with E-state index in [1.54, 1.807) is 0 Å². The topological polar surface area (TPSA) is 46.8 Å². The Morgan fingerprint density at radius 2 is 2.09 bits per heavy atom. The molecule has 0 spiro atoms. The van der Waals surface area contributed by atoms with Gasteiger partial charge in [0.05, 0.1) is 5.69 Å². The molecule has 0 radical (unpaired) electrons. The van der Waals surface area contributed by atoms with Crippen LogP contribution in [0.15, 0.2) is 12.3 Å². The molecule has 6 heteroatoms. The fraction of sp³-hybridized carbons (Fsp3) is 0.562. The Morgan fingerprint density at radius 1 is 1.36 bits per heavy atom. The Kier molecular flexibility index (Phi) is 4.08. The summed E-state index contributed by atoms with van der Waals surface area (Å²) in [5.41, 5.74) is 2.36. The lowest BCUT2D eigenvalue weighted by atomic mass is 10.1. The zero-order chi connectivity index (χ0) is 15.9. The highest BCUT2D eigenvalue weighted by Crippen LogP contribution is 2.39. The molecule has 3 rings (SSSR count). The van der Waals surface area contributed by atoms with Gasteiger partial charge in [-0.1, -0.05) is 25.4 Å². The molecular weight excluding hydrogens is 298 g/mol. The molecule has 118 valence electrons. The van der Waals surface area contributed by atoms with Gasteiger partial charge in [0.25, 0.3) is 0 Å². The van der Waals surface area contributed by atoms with Gasteiger partial charge in [-0.25, -0.2) is 9.97 Å². The van der Waals surface area contributed by atoms with Crippen LogP contribution in [0.1, 0.15) is 55.6 Å². The summed E-state index contributed by atoms with van der Waals surface area (Å²) in [6, 6.07) is 1.83. The van der Waals surface area contributed by atoms with E-state index in [0.717, 1.165) is 23.9 Å². The van der Waals surface area contributed by atoms with Gasteiger partial charge in [0.2, 0.25) is 0 Å². The normalized spacial score (nSPS) is 14.6. The smallest absolute Gasteiger partial charge is 0.135 e. The van der Waals surface area contributed by atoms with Gasteiger partial charge < -0.3 is 4.90 Å². The van der Waals surface area contributed by atoms with Crippen molar-refractivity contribution in [3.63, 3.8) is 0 Å². The predicted molar refractivity (Wildman–Crippen MR) is 88.4 cm³/mol. The summed E-state index contributed by atoms with van der Waals surface area (Å²) in [4.78, 5) is 11.1. The van der Waals surface area contributed by atoms with Crippen LogP contribution in [-0.2, 0) is 13.6 Å². The highest BCUT2D eigenvalue weighted by Gasteiger charge is 2.27. The van der Waals surface area contributed by atoms with Crippen molar-refractivity contribution in [1.82, 2.24) is 19.7 Å². The lowest BCUT2D eigenvalue weighted by Gasteiger charge is -2.19. The van der Waals surface area contributed by atoms with E-state index in [2.05, 4.69) is 40.0 Å². The Hall–Kier alpha value is -1.62. The first kappa shape index (κ1) is 15.3. The molecule has 2 aromatic heterocycles. The van der Waals surface area contributed by atoms with Gasteiger partial charge in [-0.15, -0.1) is 0 Å². The molecule has 0 N–H and O–H groups in total. The summed E-state index contributed by atoms with van der Waals surface area (Å²) < 4.78 is 1.88. The first-order chi connectivity index (χ1) is 10.4. The SMILES string of the molecule is CC(C)c1nn(C)cc1CN(C)c1cc(Cl)nc(C2CC2)n1. The van der Waals surface area contributed by atoms with Crippen LogP contribution in [0.2, 0.25) is 5.15 Å². The van der Waals surface area contributed by atoms with E-state index >= 15 is 0 Å². The first-order valence-electron chi connectivity index (χ1n) is 7.72. The lowest BCUT2D eigenvalue weighted by Crippen LogP contribution is -2.19. The Morgan fingerprint density at radius 3 is 2.73 bits per heavy atom. The van der Waals surface area contributed by atoms with Crippen molar-refractivity contribution >= 4 is 17.4 Å². The summed E-state index contributed by atoms with van der Waals surface area (Å²) in [6.45, 7) is 5.09. The maximum absolute atomic E-state index is 6.16. The van der Waals surface area contributed by atoms with Crippen molar-refractivity contribution in [3.8, 4) is 0 Å². The number of nitrogens with zero attached hydrogens (tertiary/aromatic N) is 5. The van der Waals surface area contributed by atoms with Crippen molar-refractivity contribution in [2.24, 2.45) is 7.05 Å². The van der Waals surface area contributed by atoms with Crippen molar-refractivity contribution in [2.75, 3.05) is 11.9 Å². The Bertz CT molecular complexity index is 675. The van der Waals surface area contributed by atoms with Crippen LogP contribution in [0.5, 0.6) is 0 Å². The van der Waals surface area contributed by atoms with Crippen molar-refractivity contribution < 1.29 is 0 Å². The molecule has 0 saturated heterocycles. The molecule has 1 fully saturated rings. The Labute approximate surface area is 136 Å². The van der Waals surface area contributed by atoms with Crippen LogP contribution >= 0.6 is 11.6 Å². The number of anilines is 1. The number of hydrogen-bond donors (Lipinski definition) is 0. The van der Waals surface area contributed by atoms with Crippen molar-refractivity contribution in [1.29, 1.82) is 0 Å². The molecule has 0 unspecified atom stereocenters. The third kappa shape index (κ3) is 3.24. The molecule has 2 aromatic rings. The lowest BCUT2D eigenvalue weighted by molar-refractivity contribution is 0.711. The van der Waals surface area contributed by atoms with E-state index in [1.807, 2.05) is 24.8 Å². The van der Waals surface area contributed by atoms with Gasteiger partial charge in [0.15, 0.2) is 0 Å². The molecule has 1 aliphatic carbocycles. The molecule has 22 heavy (non-hydrogen) atoms. The van der Waals surface area contributed by atoms with Crippen LogP contribution < -0.4 is 4.90 Å². The minimum atomic E-state index is 0.403. The second-order valence-corrected chi connectivity index (χ2v) is 6.79. The minimum absolute atomic E-state index is 0.403. The number of halogens is 1. The fourth-order valence-electron chi connectivity index (χ4n) is 2.64. The van der Waals surface area contributed by atoms with Gasteiger partial charge in [-0.05, 0) is 18.8 Å². The molecule has 0 atom stereocenters. The van der Waals surface area contributed by atoms with Gasteiger partial charge in [-0.3, -0.25) is 4.68 Å². The second kappa shape index (κ2) is 5.88. The molecule has 1 aliphatic rings. The number of aryl methyl sites for hydroxylation is 1. The van der Waals surface area contributed by atoms with Crippen molar-refractivity contribution in [3.05, 3.63) is 34.5 Å². The number of aromatic nitrogens is 4. The monoisotopic (exact) mass is 319 g/mol. The molecular formula is C16H22ClN5. The maximum atomic E-state index is 6.16. The van der Waals surface area contributed by atoms with Crippen LogP contribution in [0, 0.1) is 0 Å². The average molecular weight is 320 g/mol. The highest BCUT2D eigenvalue weighted by atomic mass is 35.5. The number of rotatable bonds is 5. The fourth-order valence-corrected chi connectivity index (χ4v) is 2.83. The molecule has 5 nitrogen and oxygen atoms in total. The minimum Gasteiger partial charge on any atom is -0.355 e. The van der Waals surface area contributed by atoms with E-state index in [-0.39, 0.29) is 0 Å². The van der Waals surface area contributed by atoms with Gasteiger partial charge in [0.1, 0.15) is 16.8 Å². The molecule has 0 aromatic carbocycles. The first-order valence-corrected chi connectivity index (χ1v) is 8.10. The highest BCUT2D eigenvalue weighted by molar-refractivity contribution is 6.29. The van der Waals surface area contributed by atoms with Gasteiger partial charge >= 0.3 is 0 Å². The molecule has 0 aliphatic heterocycles. The third-order valence-electron chi connectivity index (χ3n) is 3.92. The van der Waals surface area contributed by atoms with E-state index < -0.39 is 0 Å². The predicted octanol–water partition coefficient (Wildman–Crippen LogP) is 3.50. The standard InChI is InChI=1S/C16H22ClN5/c1-10(2)15-12(9-22(4)20-15)8-21(3)14-7-13(17)18-16(19-14)11-5-6-11/h7,9-11H,5-6,8H2,1-4H3. The zero-order valence-electron chi connectivity index (χ0n) is 13.5. The van der Waals surface area contributed by atoms with E-state index in [0.29, 0.717) is 17.0 Å². The summed E-state index contributed by atoms with van der Waals surface area (Å²) in [5.74, 6) is 2.65. The van der Waals surface area contributed by atoms with Crippen LogP contribution in [0.3, 0.4) is 0 Å². The molecule has 1 saturated carbocycles. The summed E-state index contributed by atoms with van der Waals surface area (Å²) in [6.07, 6.45) is 4.42. The summed E-state index contributed by atoms with van der Waals surface area (Å²) >= 11 is 6.16. The third-order valence-corrected chi connectivity index (χ3v) is 4.12. The average Bonchev–Trinajstić information content (AvgIpc) is 3.22. The largest absolute Gasteiger partial charge is 0.355 e. The second-order valence-electron chi connectivity index (χ2n) is 6.41. The van der Waals surface area contributed by atoms with Gasteiger partial charge in [0, 0.05) is 44.4 Å². The van der Waals surface area contributed by atoms with Crippen molar-refractivity contribution in [2.45, 2.75) is 45.1 Å². The van der Waals surface area contributed by atoms with Gasteiger partial charge in [-0.2, -0.15) is 5.10 Å².